The molecule has 0 saturated carbocycles. The summed E-state index contributed by atoms with van der Waals surface area (Å²) in [7, 11) is 0. The summed E-state index contributed by atoms with van der Waals surface area (Å²) in [4.78, 5) is 11.7. The summed E-state index contributed by atoms with van der Waals surface area (Å²) in [5.74, 6) is 0.306. The Morgan fingerprint density at radius 3 is 2.67 bits per heavy atom. The second kappa shape index (κ2) is 6.73. The van der Waals surface area contributed by atoms with Crippen LogP contribution in [0.1, 0.15) is 20.8 Å². The third kappa shape index (κ3) is 4.64. The average molecular weight is 318 g/mol. The number of amides is 1. The molecule has 3 nitrogen and oxygen atoms in total. The fourth-order valence-electron chi connectivity index (χ4n) is 1.26. The molecule has 0 radical (unpaired) electrons. The van der Waals surface area contributed by atoms with E-state index in [-0.39, 0.29) is 11.7 Å². The van der Waals surface area contributed by atoms with Gasteiger partial charge in [-0.2, -0.15) is 0 Å². The fraction of sp³-hybridized carbons (Fsp3) is 0.462. The summed E-state index contributed by atoms with van der Waals surface area (Å²) in [5, 5.41) is 2.78. The predicted molar refractivity (Wildman–Crippen MR) is 72.0 cm³/mol. The highest BCUT2D eigenvalue weighted by atomic mass is 79.9. The lowest BCUT2D eigenvalue weighted by atomic mass is 10.2. The van der Waals surface area contributed by atoms with Crippen molar-refractivity contribution >= 4 is 21.8 Å². The average Bonchev–Trinajstić information content (AvgIpc) is 2.30. The van der Waals surface area contributed by atoms with Gasteiger partial charge in [0, 0.05) is 6.54 Å². The Balaban J connectivity index is 2.55. The highest BCUT2D eigenvalue weighted by Gasteiger charge is 2.15. The Labute approximate surface area is 115 Å². The van der Waals surface area contributed by atoms with Gasteiger partial charge in [0.05, 0.1) is 4.47 Å². The summed E-state index contributed by atoms with van der Waals surface area (Å²) < 4.78 is 18.8. The smallest absolute Gasteiger partial charge is 0.260 e. The Hall–Kier alpha value is -1.10. The van der Waals surface area contributed by atoms with Crippen LogP contribution in [0.2, 0.25) is 0 Å². The van der Waals surface area contributed by atoms with Gasteiger partial charge in [-0.15, -0.1) is 0 Å². The summed E-state index contributed by atoms with van der Waals surface area (Å²) in [5.41, 5.74) is 0. The molecule has 1 atom stereocenters. The molecule has 0 aliphatic rings. The van der Waals surface area contributed by atoms with Crippen molar-refractivity contribution in [3.05, 3.63) is 28.5 Å². The molecular weight excluding hydrogens is 301 g/mol. The van der Waals surface area contributed by atoms with Crippen LogP contribution in [0.3, 0.4) is 0 Å². The molecule has 1 N–H and O–H groups in total. The van der Waals surface area contributed by atoms with Crippen molar-refractivity contribution in [3.63, 3.8) is 0 Å². The molecule has 0 spiro atoms. The number of carbonyl (C=O) groups excluding carboxylic acids is 1. The molecule has 18 heavy (non-hydrogen) atoms. The van der Waals surface area contributed by atoms with E-state index in [1.807, 2.05) is 13.8 Å². The largest absolute Gasteiger partial charge is 0.481 e. The van der Waals surface area contributed by atoms with Gasteiger partial charge in [-0.05, 0) is 47.0 Å². The Morgan fingerprint density at radius 1 is 1.44 bits per heavy atom. The number of rotatable bonds is 5. The maximum Gasteiger partial charge on any atom is 0.260 e. The van der Waals surface area contributed by atoms with Gasteiger partial charge in [-0.25, -0.2) is 4.39 Å². The van der Waals surface area contributed by atoms with Crippen LogP contribution < -0.4 is 10.1 Å². The van der Waals surface area contributed by atoms with Crippen molar-refractivity contribution in [1.82, 2.24) is 5.32 Å². The third-order valence-electron chi connectivity index (χ3n) is 2.26. The summed E-state index contributed by atoms with van der Waals surface area (Å²) in [6.45, 7) is 6.30. The Bertz CT molecular complexity index is 423. The van der Waals surface area contributed by atoms with E-state index >= 15 is 0 Å². The SMILES string of the molecule is CC(C)CNC(=O)C(C)Oc1ccc(F)c(Br)c1. The monoisotopic (exact) mass is 317 g/mol. The van der Waals surface area contributed by atoms with Gasteiger partial charge in [0.1, 0.15) is 11.6 Å². The first-order valence-corrected chi connectivity index (χ1v) is 6.59. The molecule has 0 fully saturated rings. The molecule has 0 aromatic heterocycles. The third-order valence-corrected chi connectivity index (χ3v) is 2.87. The minimum Gasteiger partial charge on any atom is -0.481 e. The van der Waals surface area contributed by atoms with Gasteiger partial charge >= 0.3 is 0 Å². The maximum absolute atomic E-state index is 13.0. The lowest BCUT2D eigenvalue weighted by molar-refractivity contribution is -0.127. The van der Waals surface area contributed by atoms with Crippen LogP contribution in [0.5, 0.6) is 5.75 Å². The van der Waals surface area contributed by atoms with E-state index in [4.69, 9.17) is 4.74 Å². The lowest BCUT2D eigenvalue weighted by Gasteiger charge is -2.15. The molecule has 1 unspecified atom stereocenters. The van der Waals surface area contributed by atoms with E-state index in [1.165, 1.54) is 18.2 Å². The highest BCUT2D eigenvalue weighted by molar-refractivity contribution is 9.10. The van der Waals surface area contributed by atoms with Gasteiger partial charge in [0.25, 0.3) is 5.91 Å². The van der Waals surface area contributed by atoms with Gasteiger partial charge in [0.15, 0.2) is 6.10 Å². The Kier molecular flexibility index (Phi) is 5.59. The van der Waals surface area contributed by atoms with E-state index in [2.05, 4.69) is 21.2 Å². The molecule has 1 aromatic rings. The summed E-state index contributed by atoms with van der Waals surface area (Å²) in [6.07, 6.45) is -0.610. The molecule has 0 aliphatic carbocycles. The molecule has 100 valence electrons. The first-order chi connectivity index (χ1) is 8.40. The van der Waals surface area contributed by atoms with Crippen molar-refractivity contribution < 1.29 is 13.9 Å². The van der Waals surface area contributed by atoms with Crippen molar-refractivity contribution in [1.29, 1.82) is 0 Å². The van der Waals surface area contributed by atoms with Gasteiger partial charge in [0.2, 0.25) is 0 Å². The van der Waals surface area contributed by atoms with E-state index in [0.29, 0.717) is 22.7 Å². The number of ether oxygens (including phenoxy) is 1. The highest BCUT2D eigenvalue weighted by Crippen LogP contribution is 2.22. The predicted octanol–water partition coefficient (Wildman–Crippen LogP) is 3.13. The zero-order chi connectivity index (χ0) is 13.7. The molecule has 1 aromatic carbocycles. The van der Waals surface area contributed by atoms with Crippen LogP contribution in [-0.4, -0.2) is 18.6 Å². The topological polar surface area (TPSA) is 38.3 Å². The van der Waals surface area contributed by atoms with E-state index < -0.39 is 6.10 Å². The van der Waals surface area contributed by atoms with Crippen LogP contribution in [0.15, 0.2) is 22.7 Å². The molecule has 5 heteroatoms. The van der Waals surface area contributed by atoms with Gasteiger partial charge in [-0.3, -0.25) is 4.79 Å². The van der Waals surface area contributed by atoms with Crippen LogP contribution in [0, 0.1) is 11.7 Å². The number of halogens is 2. The minimum absolute atomic E-state index is 0.177. The zero-order valence-corrected chi connectivity index (χ0v) is 12.3. The first kappa shape index (κ1) is 15.0. The molecule has 1 rings (SSSR count). The maximum atomic E-state index is 13.0. The number of carbonyl (C=O) groups is 1. The second-order valence-electron chi connectivity index (χ2n) is 4.47. The van der Waals surface area contributed by atoms with E-state index in [9.17, 15) is 9.18 Å². The minimum atomic E-state index is -0.610. The van der Waals surface area contributed by atoms with Crippen molar-refractivity contribution in [2.75, 3.05) is 6.54 Å². The summed E-state index contributed by atoms with van der Waals surface area (Å²) >= 11 is 3.07. The quantitative estimate of drug-likeness (QED) is 0.906. The number of nitrogens with one attached hydrogen (secondary N) is 1. The van der Waals surface area contributed by atoms with Crippen LogP contribution >= 0.6 is 15.9 Å². The summed E-state index contributed by atoms with van der Waals surface area (Å²) in [6, 6.07) is 4.28. The molecule has 0 bridgehead atoms. The van der Waals surface area contributed by atoms with Gasteiger partial charge in [-0.1, -0.05) is 13.8 Å². The normalized spacial score (nSPS) is 12.3. The molecule has 1 amide bonds. The second-order valence-corrected chi connectivity index (χ2v) is 5.33. The number of hydrogen-bond acceptors (Lipinski definition) is 2. The Morgan fingerprint density at radius 2 is 2.11 bits per heavy atom. The lowest BCUT2D eigenvalue weighted by Crippen LogP contribution is -2.38. The van der Waals surface area contributed by atoms with Crippen molar-refractivity contribution in [2.24, 2.45) is 5.92 Å². The first-order valence-electron chi connectivity index (χ1n) is 5.79. The van der Waals surface area contributed by atoms with E-state index in [0.717, 1.165) is 0 Å². The van der Waals surface area contributed by atoms with Crippen molar-refractivity contribution in [3.8, 4) is 5.75 Å². The molecule has 0 saturated heterocycles. The fourth-order valence-corrected chi connectivity index (χ4v) is 1.61. The zero-order valence-electron chi connectivity index (χ0n) is 10.7. The van der Waals surface area contributed by atoms with Crippen LogP contribution in [-0.2, 0) is 4.79 Å². The number of hydrogen-bond donors (Lipinski definition) is 1. The van der Waals surface area contributed by atoms with E-state index in [1.54, 1.807) is 6.92 Å². The molecule has 0 aliphatic heterocycles. The van der Waals surface area contributed by atoms with Crippen LogP contribution in [0.4, 0.5) is 4.39 Å². The standard InChI is InChI=1S/C13H17BrFNO2/c1-8(2)7-16-13(17)9(3)18-10-4-5-12(15)11(14)6-10/h4-6,8-9H,7H2,1-3H3,(H,16,17). The molecular formula is C13H17BrFNO2. The van der Waals surface area contributed by atoms with Gasteiger partial charge < -0.3 is 10.1 Å². The van der Waals surface area contributed by atoms with Crippen LogP contribution in [0.25, 0.3) is 0 Å². The molecule has 0 heterocycles. The van der Waals surface area contributed by atoms with Crippen molar-refractivity contribution in [2.45, 2.75) is 26.9 Å². The number of benzene rings is 1.